The summed E-state index contributed by atoms with van der Waals surface area (Å²) in [5, 5.41) is 14.7. The molecule has 0 amide bonds. The van der Waals surface area contributed by atoms with Gasteiger partial charge in [0.25, 0.3) is 0 Å². The van der Waals surface area contributed by atoms with Gasteiger partial charge in [-0.15, -0.1) is 0 Å². The minimum Gasteiger partial charge on any atom is -0.489 e. The maximum atomic E-state index is 13.4. The minimum atomic E-state index is -1.12. The third-order valence-corrected chi connectivity index (χ3v) is 8.08. The third-order valence-electron chi connectivity index (χ3n) is 8.08. The van der Waals surface area contributed by atoms with Crippen LogP contribution in [0, 0.1) is 12.8 Å². The topological polar surface area (TPSA) is 102 Å². The SMILES string of the molecule is Cc1ncccc1-c1noc(C2CC2)c1/C=C/C1CN(c2ccc3nc(C(=O)O)cc(OC4CC(F)C4)c3c2)C1. The van der Waals surface area contributed by atoms with Gasteiger partial charge in [0.15, 0.2) is 5.69 Å². The number of nitrogens with zero attached hydrogens (tertiary/aromatic N) is 4. The normalized spacial score (nSPS) is 21.0. The number of benzene rings is 1. The van der Waals surface area contributed by atoms with E-state index in [9.17, 15) is 14.3 Å². The van der Waals surface area contributed by atoms with Gasteiger partial charge in [-0.1, -0.05) is 17.3 Å². The average Bonchev–Trinajstić information content (AvgIpc) is 3.66. The number of carboxylic acids is 1. The third kappa shape index (κ3) is 4.59. The van der Waals surface area contributed by atoms with Crippen molar-refractivity contribution in [2.45, 2.75) is 50.8 Å². The van der Waals surface area contributed by atoms with Crippen molar-refractivity contribution in [2.75, 3.05) is 18.0 Å². The molecule has 40 heavy (non-hydrogen) atoms. The predicted molar refractivity (Wildman–Crippen MR) is 148 cm³/mol. The molecule has 3 aromatic heterocycles. The molecule has 0 atom stereocenters. The summed E-state index contributed by atoms with van der Waals surface area (Å²) in [6.07, 6.45) is 7.98. The summed E-state index contributed by atoms with van der Waals surface area (Å²) in [5.74, 6) is 1.09. The van der Waals surface area contributed by atoms with Gasteiger partial charge in [-0.25, -0.2) is 14.2 Å². The Kier molecular flexibility index (Phi) is 6.02. The lowest BCUT2D eigenvalue weighted by Gasteiger charge is -2.40. The molecule has 2 aliphatic carbocycles. The van der Waals surface area contributed by atoms with E-state index in [4.69, 9.17) is 9.26 Å². The molecule has 2 saturated carbocycles. The Hall–Kier alpha value is -4.27. The van der Waals surface area contributed by atoms with Crippen molar-refractivity contribution < 1.29 is 23.6 Å². The van der Waals surface area contributed by atoms with Crippen LogP contribution < -0.4 is 9.64 Å². The number of aromatic nitrogens is 3. The molecule has 1 N–H and O–H groups in total. The summed E-state index contributed by atoms with van der Waals surface area (Å²) < 4.78 is 25.2. The fourth-order valence-electron chi connectivity index (χ4n) is 5.48. The Morgan fingerprint density at radius 3 is 2.75 bits per heavy atom. The molecular weight excluding hydrogens is 511 g/mol. The van der Waals surface area contributed by atoms with Gasteiger partial charge >= 0.3 is 5.97 Å². The molecule has 4 aromatic rings. The zero-order valence-electron chi connectivity index (χ0n) is 22.1. The molecular formula is C31H29FN4O4. The summed E-state index contributed by atoms with van der Waals surface area (Å²) in [6.45, 7) is 3.67. The van der Waals surface area contributed by atoms with E-state index in [0.29, 0.717) is 35.9 Å². The number of aryl methyl sites for hydroxylation is 1. The van der Waals surface area contributed by atoms with Crippen LogP contribution in [0.5, 0.6) is 5.75 Å². The Bertz CT molecular complexity index is 1630. The second-order valence-corrected chi connectivity index (χ2v) is 11.1. The first-order chi connectivity index (χ1) is 19.4. The highest BCUT2D eigenvalue weighted by Crippen LogP contribution is 2.45. The van der Waals surface area contributed by atoms with Crippen LogP contribution in [-0.4, -0.2) is 51.6 Å². The smallest absolute Gasteiger partial charge is 0.354 e. The number of hydrogen-bond acceptors (Lipinski definition) is 7. The Morgan fingerprint density at radius 2 is 2.02 bits per heavy atom. The van der Waals surface area contributed by atoms with Crippen molar-refractivity contribution in [3.8, 4) is 17.0 Å². The van der Waals surface area contributed by atoms with E-state index in [1.807, 2.05) is 37.3 Å². The quantitative estimate of drug-likeness (QED) is 0.282. The van der Waals surface area contributed by atoms with Crippen LogP contribution in [0.25, 0.3) is 28.2 Å². The van der Waals surface area contributed by atoms with Gasteiger partial charge in [-0.3, -0.25) is 4.98 Å². The van der Waals surface area contributed by atoms with E-state index < -0.39 is 12.1 Å². The lowest BCUT2D eigenvalue weighted by Crippen LogP contribution is -2.45. The lowest BCUT2D eigenvalue weighted by molar-refractivity contribution is 0.0417. The molecule has 1 aromatic carbocycles. The minimum absolute atomic E-state index is 0.0827. The van der Waals surface area contributed by atoms with Crippen molar-refractivity contribution in [1.82, 2.24) is 15.1 Å². The number of fused-ring (bicyclic) bond motifs is 1. The van der Waals surface area contributed by atoms with E-state index in [0.717, 1.165) is 65.3 Å². The maximum absolute atomic E-state index is 13.4. The van der Waals surface area contributed by atoms with Gasteiger partial charge in [0.2, 0.25) is 0 Å². The van der Waals surface area contributed by atoms with Crippen LogP contribution in [0.1, 0.15) is 59.1 Å². The molecule has 3 aliphatic rings. The summed E-state index contributed by atoms with van der Waals surface area (Å²) in [7, 11) is 0. The summed E-state index contributed by atoms with van der Waals surface area (Å²) in [4.78, 5) is 22.6. The van der Waals surface area contributed by atoms with Crippen molar-refractivity contribution >= 4 is 28.6 Å². The molecule has 0 unspecified atom stereocenters. The molecule has 3 fully saturated rings. The number of ether oxygens (including phenoxy) is 1. The van der Waals surface area contributed by atoms with Gasteiger partial charge in [-0.2, -0.15) is 0 Å². The summed E-state index contributed by atoms with van der Waals surface area (Å²) in [6, 6.07) is 11.2. The van der Waals surface area contributed by atoms with Gasteiger partial charge < -0.3 is 19.3 Å². The first-order valence-electron chi connectivity index (χ1n) is 13.8. The predicted octanol–water partition coefficient (Wildman–Crippen LogP) is 6.20. The Morgan fingerprint density at radius 1 is 1.20 bits per heavy atom. The van der Waals surface area contributed by atoms with E-state index in [1.165, 1.54) is 6.07 Å². The number of alkyl halides is 1. The molecule has 0 spiro atoms. The zero-order valence-corrected chi connectivity index (χ0v) is 22.1. The van der Waals surface area contributed by atoms with Crippen molar-refractivity contribution in [3.63, 3.8) is 0 Å². The van der Waals surface area contributed by atoms with Crippen LogP contribution in [0.3, 0.4) is 0 Å². The highest BCUT2D eigenvalue weighted by molar-refractivity contribution is 5.94. The second kappa shape index (κ2) is 9.73. The largest absolute Gasteiger partial charge is 0.489 e. The lowest BCUT2D eigenvalue weighted by atomic mass is 9.93. The van der Waals surface area contributed by atoms with E-state index >= 15 is 0 Å². The molecule has 7 rings (SSSR count). The van der Waals surface area contributed by atoms with E-state index in [1.54, 1.807) is 6.20 Å². The Balaban J connectivity index is 1.11. The number of anilines is 1. The molecule has 1 aliphatic heterocycles. The van der Waals surface area contributed by atoms with Crippen LogP contribution in [0.2, 0.25) is 0 Å². The molecule has 9 heteroatoms. The van der Waals surface area contributed by atoms with Crippen molar-refractivity contribution in [3.05, 3.63) is 71.4 Å². The molecule has 8 nitrogen and oxygen atoms in total. The second-order valence-electron chi connectivity index (χ2n) is 11.1. The maximum Gasteiger partial charge on any atom is 0.354 e. The van der Waals surface area contributed by atoms with Gasteiger partial charge in [0, 0.05) is 77.9 Å². The fraction of sp³-hybridized carbons (Fsp3) is 0.355. The number of halogens is 1. The fourth-order valence-corrected chi connectivity index (χ4v) is 5.48. The number of carbonyl (C=O) groups is 1. The van der Waals surface area contributed by atoms with Crippen LogP contribution in [-0.2, 0) is 0 Å². The Labute approximate surface area is 230 Å². The molecule has 1 saturated heterocycles. The van der Waals surface area contributed by atoms with Gasteiger partial charge in [0.05, 0.1) is 5.52 Å². The standard InChI is InChI=1S/C31H29FN4O4/c1-17-23(3-2-10-33-17)29-24(30(40-35-29)19-5-6-19)8-4-18-15-36(16-18)21-7-9-26-25(13-21)28(14-27(34-26)31(37)38)39-22-11-20(32)12-22/h2-4,7-10,13-14,18-20,22H,5-6,11-12,15-16H2,1H3,(H,37,38)/b8-4+. The highest BCUT2D eigenvalue weighted by atomic mass is 19.1. The number of rotatable bonds is 8. The zero-order chi connectivity index (χ0) is 27.4. The molecule has 204 valence electrons. The number of carboxylic acid groups (broad SMARTS) is 1. The first kappa shape index (κ1) is 24.7. The molecule has 4 heterocycles. The van der Waals surface area contributed by atoms with Crippen molar-refractivity contribution in [1.29, 1.82) is 0 Å². The first-order valence-corrected chi connectivity index (χ1v) is 13.8. The highest BCUT2D eigenvalue weighted by Gasteiger charge is 2.33. The van der Waals surface area contributed by atoms with Crippen LogP contribution in [0.4, 0.5) is 10.1 Å². The average molecular weight is 541 g/mol. The molecule has 0 bridgehead atoms. The molecule has 0 radical (unpaired) electrons. The monoisotopic (exact) mass is 540 g/mol. The number of hydrogen-bond donors (Lipinski definition) is 1. The van der Waals surface area contributed by atoms with Crippen molar-refractivity contribution in [2.24, 2.45) is 5.92 Å². The van der Waals surface area contributed by atoms with Gasteiger partial charge in [0.1, 0.15) is 29.5 Å². The summed E-state index contributed by atoms with van der Waals surface area (Å²) in [5.41, 5.74) is 5.29. The summed E-state index contributed by atoms with van der Waals surface area (Å²) >= 11 is 0. The number of pyridine rings is 2. The van der Waals surface area contributed by atoms with E-state index in [-0.39, 0.29) is 11.8 Å². The van der Waals surface area contributed by atoms with Crippen LogP contribution in [0.15, 0.2) is 53.2 Å². The van der Waals surface area contributed by atoms with Crippen LogP contribution >= 0.6 is 0 Å². The van der Waals surface area contributed by atoms with E-state index in [2.05, 4.69) is 32.2 Å². The number of aromatic carboxylic acids is 1. The van der Waals surface area contributed by atoms with Gasteiger partial charge in [-0.05, 0) is 50.1 Å².